The quantitative estimate of drug-likeness (QED) is 0.744. The van der Waals surface area contributed by atoms with E-state index in [-0.39, 0.29) is 16.9 Å². The number of rotatable bonds is 3. The lowest BCUT2D eigenvalue weighted by atomic mass is 10.1. The standard InChI is InChI=1S/C9H7FO4/c1-14-8-5(4-11)2-6(10)3-7(8)9(12)13/h2-4H,1H3,(H,12,13). The van der Waals surface area contributed by atoms with Crippen LogP contribution in [0, 0.1) is 5.82 Å². The van der Waals surface area contributed by atoms with E-state index in [1.807, 2.05) is 0 Å². The number of carboxylic acids is 1. The van der Waals surface area contributed by atoms with Crippen molar-refractivity contribution in [3.8, 4) is 5.75 Å². The van der Waals surface area contributed by atoms with Crippen LogP contribution in [0.2, 0.25) is 0 Å². The van der Waals surface area contributed by atoms with E-state index in [1.165, 1.54) is 7.11 Å². The Morgan fingerprint density at radius 2 is 2.21 bits per heavy atom. The minimum absolute atomic E-state index is 0.120. The van der Waals surface area contributed by atoms with Gasteiger partial charge in [-0.05, 0) is 12.1 Å². The maximum absolute atomic E-state index is 12.8. The zero-order chi connectivity index (χ0) is 10.7. The Labute approximate surface area is 78.9 Å². The molecule has 14 heavy (non-hydrogen) atoms. The maximum Gasteiger partial charge on any atom is 0.339 e. The second-order valence-corrected chi connectivity index (χ2v) is 2.50. The van der Waals surface area contributed by atoms with Gasteiger partial charge in [0.25, 0.3) is 0 Å². The molecule has 0 atom stereocenters. The van der Waals surface area contributed by atoms with Crippen molar-refractivity contribution in [1.29, 1.82) is 0 Å². The first kappa shape index (κ1) is 10.2. The van der Waals surface area contributed by atoms with Crippen molar-refractivity contribution < 1.29 is 23.8 Å². The first-order valence-corrected chi connectivity index (χ1v) is 3.66. The highest BCUT2D eigenvalue weighted by Crippen LogP contribution is 2.23. The number of aldehydes is 1. The summed E-state index contributed by atoms with van der Waals surface area (Å²) in [7, 11) is 1.21. The first-order chi connectivity index (χ1) is 6.60. The molecule has 0 amide bonds. The molecule has 0 saturated carbocycles. The molecule has 0 radical (unpaired) electrons. The number of ether oxygens (including phenoxy) is 1. The van der Waals surface area contributed by atoms with Crippen LogP contribution in [0.3, 0.4) is 0 Å². The number of carbonyl (C=O) groups is 2. The van der Waals surface area contributed by atoms with Gasteiger partial charge in [0.2, 0.25) is 0 Å². The molecule has 0 aliphatic carbocycles. The molecule has 1 N–H and O–H groups in total. The fourth-order valence-corrected chi connectivity index (χ4v) is 1.09. The Morgan fingerprint density at radius 1 is 1.57 bits per heavy atom. The van der Waals surface area contributed by atoms with E-state index in [9.17, 15) is 14.0 Å². The predicted molar refractivity (Wildman–Crippen MR) is 45.3 cm³/mol. The molecule has 1 rings (SSSR count). The third kappa shape index (κ3) is 1.71. The van der Waals surface area contributed by atoms with Crippen LogP contribution in [0.4, 0.5) is 4.39 Å². The number of hydrogen-bond donors (Lipinski definition) is 1. The van der Waals surface area contributed by atoms with E-state index in [2.05, 4.69) is 0 Å². The summed E-state index contributed by atoms with van der Waals surface area (Å²) in [5.41, 5.74) is -0.487. The second-order valence-electron chi connectivity index (χ2n) is 2.50. The van der Waals surface area contributed by atoms with Gasteiger partial charge in [0.1, 0.15) is 17.1 Å². The van der Waals surface area contributed by atoms with E-state index >= 15 is 0 Å². The number of carboxylic acid groups (broad SMARTS) is 1. The van der Waals surface area contributed by atoms with Crippen LogP contribution >= 0.6 is 0 Å². The van der Waals surface area contributed by atoms with Gasteiger partial charge in [0.15, 0.2) is 6.29 Å². The van der Waals surface area contributed by atoms with Gasteiger partial charge < -0.3 is 9.84 Å². The van der Waals surface area contributed by atoms with Gasteiger partial charge in [-0.1, -0.05) is 0 Å². The summed E-state index contributed by atoms with van der Waals surface area (Å²) in [5, 5.41) is 8.68. The average Bonchev–Trinajstić information content (AvgIpc) is 2.16. The normalized spacial score (nSPS) is 9.57. The highest BCUT2D eigenvalue weighted by molar-refractivity contribution is 5.95. The van der Waals surface area contributed by atoms with Gasteiger partial charge in [-0.15, -0.1) is 0 Å². The van der Waals surface area contributed by atoms with Crippen LogP contribution in [-0.4, -0.2) is 24.5 Å². The van der Waals surface area contributed by atoms with Crippen LogP contribution in [0.15, 0.2) is 12.1 Å². The van der Waals surface area contributed by atoms with Crippen molar-refractivity contribution in [2.75, 3.05) is 7.11 Å². The Morgan fingerprint density at radius 3 is 2.64 bits per heavy atom. The topological polar surface area (TPSA) is 63.6 Å². The van der Waals surface area contributed by atoms with E-state index in [1.54, 1.807) is 0 Å². The smallest absolute Gasteiger partial charge is 0.339 e. The molecule has 0 aliphatic heterocycles. The van der Waals surface area contributed by atoms with Crippen molar-refractivity contribution in [2.24, 2.45) is 0 Å². The third-order valence-corrected chi connectivity index (χ3v) is 1.64. The molecule has 0 spiro atoms. The molecule has 0 bridgehead atoms. The molecule has 0 aromatic heterocycles. The number of methoxy groups -OCH3 is 1. The number of carbonyl (C=O) groups excluding carboxylic acids is 1. The summed E-state index contributed by atoms with van der Waals surface area (Å²) < 4.78 is 17.5. The molecule has 0 heterocycles. The lowest BCUT2D eigenvalue weighted by Gasteiger charge is -2.06. The van der Waals surface area contributed by atoms with Crippen molar-refractivity contribution in [1.82, 2.24) is 0 Å². The van der Waals surface area contributed by atoms with Crippen molar-refractivity contribution in [3.63, 3.8) is 0 Å². The van der Waals surface area contributed by atoms with E-state index in [0.717, 1.165) is 12.1 Å². The van der Waals surface area contributed by atoms with Crippen LogP contribution in [0.5, 0.6) is 5.75 Å². The van der Waals surface area contributed by atoms with Crippen molar-refractivity contribution in [2.45, 2.75) is 0 Å². The Hall–Kier alpha value is -1.91. The fourth-order valence-electron chi connectivity index (χ4n) is 1.09. The summed E-state index contributed by atoms with van der Waals surface area (Å²) in [6, 6.07) is 1.71. The Bertz CT molecular complexity index is 387. The number of hydrogen-bond acceptors (Lipinski definition) is 3. The lowest BCUT2D eigenvalue weighted by Crippen LogP contribution is -2.04. The van der Waals surface area contributed by atoms with Gasteiger partial charge in [0.05, 0.1) is 12.7 Å². The van der Waals surface area contributed by atoms with Gasteiger partial charge in [-0.3, -0.25) is 4.79 Å². The van der Waals surface area contributed by atoms with Crippen LogP contribution in [-0.2, 0) is 0 Å². The predicted octanol–water partition coefficient (Wildman–Crippen LogP) is 1.35. The van der Waals surface area contributed by atoms with Gasteiger partial charge in [-0.2, -0.15) is 0 Å². The summed E-state index contributed by atoms with van der Waals surface area (Å²) in [6.45, 7) is 0. The van der Waals surface area contributed by atoms with Gasteiger partial charge >= 0.3 is 5.97 Å². The molecule has 0 fully saturated rings. The molecule has 5 heteroatoms. The zero-order valence-corrected chi connectivity index (χ0v) is 7.28. The largest absolute Gasteiger partial charge is 0.495 e. The van der Waals surface area contributed by atoms with E-state index < -0.39 is 11.8 Å². The summed E-state index contributed by atoms with van der Waals surface area (Å²) in [4.78, 5) is 21.1. The Kier molecular flexibility index (Phi) is 2.81. The van der Waals surface area contributed by atoms with Crippen LogP contribution < -0.4 is 4.74 Å². The first-order valence-electron chi connectivity index (χ1n) is 3.66. The molecule has 0 unspecified atom stereocenters. The van der Waals surface area contributed by atoms with Gasteiger partial charge in [-0.25, -0.2) is 9.18 Å². The molecule has 1 aromatic carbocycles. The number of benzene rings is 1. The molecule has 0 saturated heterocycles. The maximum atomic E-state index is 12.8. The fraction of sp³-hybridized carbons (Fsp3) is 0.111. The molecular formula is C9H7FO4. The summed E-state index contributed by atoms with van der Waals surface area (Å²) in [5.74, 6) is -2.26. The third-order valence-electron chi connectivity index (χ3n) is 1.64. The highest BCUT2D eigenvalue weighted by Gasteiger charge is 2.16. The van der Waals surface area contributed by atoms with Crippen molar-refractivity contribution >= 4 is 12.3 Å². The Balaban J connectivity index is 3.46. The van der Waals surface area contributed by atoms with Gasteiger partial charge in [0, 0.05) is 0 Å². The molecule has 1 aromatic rings. The highest BCUT2D eigenvalue weighted by atomic mass is 19.1. The molecule has 0 aliphatic rings. The zero-order valence-electron chi connectivity index (χ0n) is 7.28. The van der Waals surface area contributed by atoms with Crippen LogP contribution in [0.1, 0.15) is 20.7 Å². The SMILES string of the molecule is COc1c(C=O)cc(F)cc1C(=O)O. The second kappa shape index (κ2) is 3.87. The van der Waals surface area contributed by atoms with E-state index in [0.29, 0.717) is 6.29 Å². The van der Waals surface area contributed by atoms with Crippen LogP contribution in [0.25, 0.3) is 0 Å². The van der Waals surface area contributed by atoms with E-state index in [4.69, 9.17) is 9.84 Å². The molecule has 4 nitrogen and oxygen atoms in total. The van der Waals surface area contributed by atoms with Crippen molar-refractivity contribution in [3.05, 3.63) is 29.1 Å². The minimum atomic E-state index is -1.34. The summed E-state index contributed by atoms with van der Waals surface area (Å²) >= 11 is 0. The molecular weight excluding hydrogens is 191 g/mol. The minimum Gasteiger partial charge on any atom is -0.495 e. The number of halogens is 1. The number of aromatic carboxylic acids is 1. The monoisotopic (exact) mass is 198 g/mol. The molecule has 74 valence electrons. The lowest BCUT2D eigenvalue weighted by molar-refractivity contribution is 0.0692. The average molecular weight is 198 g/mol. The summed E-state index contributed by atoms with van der Waals surface area (Å²) in [6.07, 6.45) is 0.342.